The largest absolute Gasteiger partial charge is 0.481 e. The van der Waals surface area contributed by atoms with E-state index in [1.807, 2.05) is 9.78 Å². The van der Waals surface area contributed by atoms with Gasteiger partial charge in [-0.3, -0.25) is 9.20 Å². The minimum atomic E-state index is -0.782. The number of aromatic nitrogens is 2. The highest BCUT2D eigenvalue weighted by Crippen LogP contribution is 2.27. The highest BCUT2D eigenvalue weighted by molar-refractivity contribution is 7.15. The summed E-state index contributed by atoms with van der Waals surface area (Å²) in [7, 11) is 0. The van der Waals surface area contributed by atoms with E-state index in [1.165, 1.54) is 17.0 Å². The van der Waals surface area contributed by atoms with Crippen LogP contribution in [0.3, 0.4) is 0 Å². The fourth-order valence-electron chi connectivity index (χ4n) is 2.18. The van der Waals surface area contributed by atoms with Crippen LogP contribution in [-0.4, -0.2) is 20.5 Å². The number of nitrogens with zero attached hydrogens (tertiary/aromatic N) is 2. The molecule has 3 rings (SSSR count). The van der Waals surface area contributed by atoms with E-state index in [2.05, 4.69) is 4.98 Å². The molecule has 0 saturated carbocycles. The van der Waals surface area contributed by atoms with Gasteiger partial charge in [0.05, 0.1) is 12.1 Å². The minimum absolute atomic E-state index is 0.0861. The average molecular weight is 222 g/mol. The maximum absolute atomic E-state index is 10.7. The Balaban J connectivity index is 2.18. The lowest BCUT2D eigenvalue weighted by atomic mass is 10.3. The predicted molar refractivity (Wildman–Crippen MR) is 56.4 cm³/mol. The zero-order valence-corrected chi connectivity index (χ0v) is 8.88. The molecular formula is C10H10N2O2S. The Morgan fingerprint density at radius 3 is 3.27 bits per heavy atom. The minimum Gasteiger partial charge on any atom is -0.481 e. The summed E-state index contributed by atoms with van der Waals surface area (Å²) < 4.78 is 2.03. The van der Waals surface area contributed by atoms with Crippen LogP contribution in [0.15, 0.2) is 5.38 Å². The summed E-state index contributed by atoms with van der Waals surface area (Å²) in [5.41, 5.74) is 3.24. The number of aryl methyl sites for hydroxylation is 2. The second kappa shape index (κ2) is 3.06. The molecule has 15 heavy (non-hydrogen) atoms. The summed E-state index contributed by atoms with van der Waals surface area (Å²) in [6, 6.07) is 0. The van der Waals surface area contributed by atoms with Crippen molar-refractivity contribution in [2.24, 2.45) is 0 Å². The molecule has 0 radical (unpaired) electrons. The van der Waals surface area contributed by atoms with Gasteiger partial charge in [-0.15, -0.1) is 11.3 Å². The molecule has 0 spiro atoms. The molecule has 0 fully saturated rings. The Hall–Kier alpha value is -1.36. The summed E-state index contributed by atoms with van der Waals surface area (Å²) in [4.78, 5) is 16.2. The number of rotatable bonds is 2. The molecular weight excluding hydrogens is 212 g/mol. The van der Waals surface area contributed by atoms with Gasteiger partial charge in [-0.1, -0.05) is 0 Å². The van der Waals surface area contributed by atoms with Crippen LogP contribution < -0.4 is 0 Å². The molecule has 0 bridgehead atoms. The van der Waals surface area contributed by atoms with E-state index in [0.29, 0.717) is 0 Å². The zero-order chi connectivity index (χ0) is 10.4. The second-order valence-corrected chi connectivity index (χ2v) is 4.61. The molecule has 0 aromatic carbocycles. The monoisotopic (exact) mass is 222 g/mol. The van der Waals surface area contributed by atoms with E-state index in [1.54, 1.807) is 0 Å². The van der Waals surface area contributed by atoms with E-state index >= 15 is 0 Å². The summed E-state index contributed by atoms with van der Waals surface area (Å²) in [6.45, 7) is 0. The van der Waals surface area contributed by atoms with Crippen molar-refractivity contribution in [3.8, 4) is 0 Å². The lowest BCUT2D eigenvalue weighted by Crippen LogP contribution is -2.04. The third kappa shape index (κ3) is 1.26. The number of thiazole rings is 1. The van der Waals surface area contributed by atoms with Crippen molar-refractivity contribution in [1.29, 1.82) is 0 Å². The maximum Gasteiger partial charge on any atom is 0.309 e. The van der Waals surface area contributed by atoms with Crippen LogP contribution in [0.25, 0.3) is 4.96 Å². The Kier molecular flexibility index (Phi) is 1.82. The number of hydrogen-bond acceptors (Lipinski definition) is 3. The summed E-state index contributed by atoms with van der Waals surface area (Å²) in [5, 5.41) is 10.7. The number of fused-ring (bicyclic) bond motifs is 3. The van der Waals surface area contributed by atoms with Gasteiger partial charge >= 0.3 is 5.97 Å². The highest BCUT2D eigenvalue weighted by Gasteiger charge is 2.21. The van der Waals surface area contributed by atoms with Gasteiger partial charge in [0.25, 0.3) is 0 Å². The van der Waals surface area contributed by atoms with Gasteiger partial charge in [0, 0.05) is 16.8 Å². The number of aliphatic carboxylic acids is 1. The van der Waals surface area contributed by atoms with Crippen molar-refractivity contribution in [2.45, 2.75) is 25.7 Å². The van der Waals surface area contributed by atoms with Gasteiger partial charge in [0.1, 0.15) is 0 Å². The van der Waals surface area contributed by atoms with Gasteiger partial charge in [-0.2, -0.15) is 0 Å². The SMILES string of the molecule is O=C(O)Cc1csc2nc3c(n12)CCC3. The van der Waals surface area contributed by atoms with Crippen LogP contribution in [0.2, 0.25) is 0 Å². The molecule has 0 aliphatic heterocycles. The Morgan fingerprint density at radius 1 is 1.60 bits per heavy atom. The van der Waals surface area contributed by atoms with Crippen LogP contribution in [-0.2, 0) is 24.1 Å². The summed E-state index contributed by atoms with van der Waals surface area (Å²) in [5.74, 6) is -0.782. The van der Waals surface area contributed by atoms with Crippen LogP contribution >= 0.6 is 11.3 Å². The first kappa shape index (κ1) is 8.91. The van der Waals surface area contributed by atoms with Crippen molar-refractivity contribution in [3.05, 3.63) is 22.5 Å². The van der Waals surface area contributed by atoms with E-state index in [-0.39, 0.29) is 6.42 Å². The van der Waals surface area contributed by atoms with Gasteiger partial charge in [-0.05, 0) is 19.3 Å². The van der Waals surface area contributed by atoms with Crippen LogP contribution in [0.4, 0.5) is 0 Å². The van der Waals surface area contributed by atoms with Gasteiger partial charge < -0.3 is 5.11 Å². The zero-order valence-electron chi connectivity index (χ0n) is 8.06. The van der Waals surface area contributed by atoms with Gasteiger partial charge in [-0.25, -0.2) is 4.98 Å². The van der Waals surface area contributed by atoms with Crippen molar-refractivity contribution < 1.29 is 9.90 Å². The number of carboxylic acids is 1. The summed E-state index contributed by atoms with van der Waals surface area (Å²) in [6.07, 6.45) is 3.29. The van der Waals surface area contributed by atoms with Crippen molar-refractivity contribution in [1.82, 2.24) is 9.38 Å². The van der Waals surface area contributed by atoms with Crippen LogP contribution in [0.1, 0.15) is 23.5 Å². The molecule has 0 atom stereocenters. The number of imidazole rings is 1. The molecule has 2 heterocycles. The molecule has 5 heteroatoms. The van der Waals surface area contributed by atoms with Crippen LogP contribution in [0, 0.1) is 0 Å². The first-order valence-electron chi connectivity index (χ1n) is 4.94. The van der Waals surface area contributed by atoms with Crippen molar-refractivity contribution in [3.63, 3.8) is 0 Å². The Labute approximate surface area is 90.2 Å². The quantitative estimate of drug-likeness (QED) is 0.838. The highest BCUT2D eigenvalue weighted by atomic mass is 32.1. The maximum atomic E-state index is 10.7. The predicted octanol–water partition coefficient (Wildman–Crippen LogP) is 1.51. The molecule has 0 saturated heterocycles. The van der Waals surface area contributed by atoms with E-state index in [4.69, 9.17) is 5.11 Å². The van der Waals surface area contributed by atoms with E-state index < -0.39 is 5.97 Å². The van der Waals surface area contributed by atoms with Gasteiger partial charge in [0.2, 0.25) is 0 Å². The Bertz CT molecular complexity index is 541. The topological polar surface area (TPSA) is 54.6 Å². The number of carboxylic acid groups (broad SMARTS) is 1. The molecule has 4 nitrogen and oxygen atoms in total. The van der Waals surface area contributed by atoms with Crippen LogP contribution in [0.5, 0.6) is 0 Å². The number of carbonyl (C=O) groups is 1. The first-order valence-corrected chi connectivity index (χ1v) is 5.82. The molecule has 1 N–H and O–H groups in total. The average Bonchev–Trinajstić information content (AvgIpc) is 2.75. The number of hydrogen-bond donors (Lipinski definition) is 1. The fourth-order valence-corrected chi connectivity index (χ4v) is 3.10. The van der Waals surface area contributed by atoms with E-state index in [0.717, 1.165) is 35.6 Å². The standard InChI is InChI=1S/C10H10N2O2S/c13-9(14)4-6-5-15-10-11-7-2-1-3-8(7)12(6)10/h5H,1-4H2,(H,13,14). The van der Waals surface area contributed by atoms with Crippen molar-refractivity contribution >= 4 is 22.3 Å². The van der Waals surface area contributed by atoms with Gasteiger partial charge in [0.15, 0.2) is 4.96 Å². The molecule has 1 aliphatic carbocycles. The molecule has 1 aliphatic rings. The molecule has 0 unspecified atom stereocenters. The second-order valence-electron chi connectivity index (χ2n) is 3.77. The van der Waals surface area contributed by atoms with Crippen molar-refractivity contribution in [2.75, 3.05) is 0 Å². The molecule has 2 aromatic rings. The molecule has 0 amide bonds. The van der Waals surface area contributed by atoms with E-state index in [9.17, 15) is 4.79 Å². The molecule has 2 aromatic heterocycles. The third-order valence-corrected chi connectivity index (χ3v) is 3.65. The normalized spacial score (nSPS) is 14.7. The molecule has 78 valence electrons. The third-order valence-electron chi connectivity index (χ3n) is 2.77. The first-order chi connectivity index (χ1) is 7.25. The Morgan fingerprint density at radius 2 is 2.47 bits per heavy atom. The summed E-state index contributed by atoms with van der Waals surface area (Å²) >= 11 is 1.53. The fraction of sp³-hybridized carbons (Fsp3) is 0.400. The lowest BCUT2D eigenvalue weighted by Gasteiger charge is -1.98. The smallest absolute Gasteiger partial charge is 0.309 e. The lowest BCUT2D eigenvalue weighted by molar-refractivity contribution is -0.136.